The van der Waals surface area contributed by atoms with E-state index in [0.717, 1.165) is 52.9 Å². The lowest BCUT2D eigenvalue weighted by Gasteiger charge is -2.25. The van der Waals surface area contributed by atoms with Gasteiger partial charge in [0.2, 0.25) is 5.95 Å². The van der Waals surface area contributed by atoms with Gasteiger partial charge < -0.3 is 14.2 Å². The molecular weight excluding hydrogens is 317 g/mol. The van der Waals surface area contributed by atoms with Gasteiger partial charge in [-0.3, -0.25) is 0 Å². The molecule has 25 heavy (non-hydrogen) atoms. The Bertz CT molecular complexity index is 899. The Morgan fingerprint density at radius 2 is 1.92 bits per heavy atom. The third-order valence-corrected chi connectivity index (χ3v) is 4.99. The molecule has 5 heteroatoms. The Labute approximate surface area is 148 Å². The number of nitrogens with zero attached hydrogens (tertiary/aromatic N) is 3. The largest absolute Gasteiger partial charge is 0.497 e. The molecule has 2 heterocycles. The maximum atomic E-state index is 13.9. The number of fused-ring (bicyclic) bond motifs is 3. The van der Waals surface area contributed by atoms with E-state index in [4.69, 9.17) is 4.74 Å². The van der Waals surface area contributed by atoms with Crippen molar-refractivity contribution in [2.75, 3.05) is 26.7 Å². The van der Waals surface area contributed by atoms with Crippen molar-refractivity contribution in [3.05, 3.63) is 35.9 Å². The van der Waals surface area contributed by atoms with Crippen LogP contribution in [0.1, 0.15) is 32.5 Å². The first-order valence-corrected chi connectivity index (χ1v) is 8.87. The van der Waals surface area contributed by atoms with Gasteiger partial charge in [-0.1, -0.05) is 13.8 Å². The van der Waals surface area contributed by atoms with Crippen LogP contribution in [0.3, 0.4) is 0 Å². The molecule has 0 aliphatic heterocycles. The van der Waals surface area contributed by atoms with E-state index >= 15 is 0 Å². The summed E-state index contributed by atoms with van der Waals surface area (Å²) in [6, 6.07) is 7.74. The van der Waals surface area contributed by atoms with E-state index in [2.05, 4.69) is 35.2 Å². The van der Waals surface area contributed by atoms with E-state index in [1.165, 1.54) is 6.07 Å². The average Bonchev–Trinajstić information content (AvgIpc) is 2.93. The molecule has 3 aromatic rings. The fourth-order valence-electron chi connectivity index (χ4n) is 3.72. The van der Waals surface area contributed by atoms with Gasteiger partial charge in [-0.25, -0.2) is 4.98 Å². The Morgan fingerprint density at radius 3 is 2.56 bits per heavy atom. The van der Waals surface area contributed by atoms with Gasteiger partial charge in [0, 0.05) is 35.5 Å². The highest BCUT2D eigenvalue weighted by Crippen LogP contribution is 2.35. The standard InChI is InChI=1S/C20H26FN3O/c1-6-23(7-2)12-13(3)24-18-10-15(25-5)8-9-16(18)17-11-19(21)22-14(4)20(17)24/h8-11,13H,6-7,12H2,1-5H3. The monoisotopic (exact) mass is 343 g/mol. The van der Waals surface area contributed by atoms with Crippen LogP contribution >= 0.6 is 0 Å². The highest BCUT2D eigenvalue weighted by Gasteiger charge is 2.20. The number of benzene rings is 1. The summed E-state index contributed by atoms with van der Waals surface area (Å²) in [6.45, 7) is 11.4. The van der Waals surface area contributed by atoms with Crippen molar-refractivity contribution in [3.63, 3.8) is 0 Å². The SMILES string of the molecule is CCN(CC)CC(C)n1c2cc(OC)ccc2c2cc(F)nc(C)c21. The first kappa shape index (κ1) is 17.7. The first-order chi connectivity index (χ1) is 12.0. The molecular formula is C20H26FN3O. The first-order valence-electron chi connectivity index (χ1n) is 8.87. The van der Waals surface area contributed by atoms with Gasteiger partial charge in [0.25, 0.3) is 0 Å². The number of hydrogen-bond donors (Lipinski definition) is 0. The van der Waals surface area contributed by atoms with Crippen LogP contribution in [0.2, 0.25) is 0 Å². The maximum absolute atomic E-state index is 13.9. The molecule has 0 radical (unpaired) electrons. The summed E-state index contributed by atoms with van der Waals surface area (Å²) in [6.07, 6.45) is 0. The number of halogens is 1. The summed E-state index contributed by atoms with van der Waals surface area (Å²) in [7, 11) is 1.67. The van der Waals surface area contributed by atoms with Crippen molar-refractivity contribution >= 4 is 21.8 Å². The summed E-state index contributed by atoms with van der Waals surface area (Å²) in [5.41, 5.74) is 2.78. The number of pyridine rings is 1. The van der Waals surface area contributed by atoms with Crippen LogP contribution in [-0.4, -0.2) is 41.2 Å². The van der Waals surface area contributed by atoms with E-state index < -0.39 is 5.95 Å². The molecule has 1 aromatic carbocycles. The molecule has 0 bridgehead atoms. The molecule has 0 fully saturated rings. The molecule has 0 saturated heterocycles. The molecule has 0 aliphatic carbocycles. The highest BCUT2D eigenvalue weighted by molar-refractivity contribution is 6.09. The number of methoxy groups -OCH3 is 1. The van der Waals surface area contributed by atoms with E-state index in [1.54, 1.807) is 7.11 Å². The molecule has 0 aliphatic rings. The quantitative estimate of drug-likeness (QED) is 0.615. The highest BCUT2D eigenvalue weighted by atomic mass is 19.1. The summed E-state index contributed by atoms with van der Waals surface area (Å²) in [5, 5.41) is 1.95. The van der Waals surface area contributed by atoms with Gasteiger partial charge in [-0.15, -0.1) is 0 Å². The number of hydrogen-bond acceptors (Lipinski definition) is 3. The molecule has 134 valence electrons. The van der Waals surface area contributed by atoms with Crippen molar-refractivity contribution in [1.82, 2.24) is 14.5 Å². The lowest BCUT2D eigenvalue weighted by molar-refractivity contribution is 0.265. The lowest BCUT2D eigenvalue weighted by Crippen LogP contribution is -2.29. The van der Waals surface area contributed by atoms with Gasteiger partial charge >= 0.3 is 0 Å². The van der Waals surface area contributed by atoms with Crippen LogP contribution in [0.25, 0.3) is 21.8 Å². The number of aromatic nitrogens is 2. The van der Waals surface area contributed by atoms with Crippen LogP contribution in [-0.2, 0) is 0 Å². The zero-order valence-electron chi connectivity index (χ0n) is 15.6. The second-order valence-corrected chi connectivity index (χ2v) is 6.51. The zero-order valence-corrected chi connectivity index (χ0v) is 15.6. The van der Waals surface area contributed by atoms with Crippen LogP contribution in [0.5, 0.6) is 5.75 Å². The second kappa shape index (κ2) is 7.00. The van der Waals surface area contributed by atoms with Gasteiger partial charge in [0.15, 0.2) is 0 Å². The number of likely N-dealkylation sites (N-methyl/N-ethyl adjacent to an activating group) is 1. The second-order valence-electron chi connectivity index (χ2n) is 6.51. The van der Waals surface area contributed by atoms with E-state index in [0.29, 0.717) is 0 Å². The minimum absolute atomic E-state index is 0.234. The van der Waals surface area contributed by atoms with Crippen molar-refractivity contribution in [2.45, 2.75) is 33.7 Å². The fraction of sp³-hybridized carbons (Fsp3) is 0.450. The normalized spacial score (nSPS) is 13.1. The predicted molar refractivity (Wildman–Crippen MR) is 101 cm³/mol. The van der Waals surface area contributed by atoms with E-state index in [-0.39, 0.29) is 6.04 Å². The fourth-order valence-corrected chi connectivity index (χ4v) is 3.72. The molecule has 0 saturated carbocycles. The van der Waals surface area contributed by atoms with Crippen molar-refractivity contribution in [1.29, 1.82) is 0 Å². The Morgan fingerprint density at radius 1 is 1.20 bits per heavy atom. The minimum atomic E-state index is -0.434. The van der Waals surface area contributed by atoms with Gasteiger partial charge in [0.1, 0.15) is 5.75 Å². The topological polar surface area (TPSA) is 30.3 Å². The van der Waals surface area contributed by atoms with Crippen LogP contribution in [0, 0.1) is 12.9 Å². The van der Waals surface area contributed by atoms with Crippen molar-refractivity contribution < 1.29 is 9.13 Å². The van der Waals surface area contributed by atoms with Gasteiger partial charge in [-0.2, -0.15) is 4.39 Å². The van der Waals surface area contributed by atoms with Crippen molar-refractivity contribution in [3.8, 4) is 5.75 Å². The Balaban J connectivity index is 2.29. The van der Waals surface area contributed by atoms with Crippen LogP contribution in [0.4, 0.5) is 4.39 Å². The van der Waals surface area contributed by atoms with E-state index in [1.807, 2.05) is 25.1 Å². The minimum Gasteiger partial charge on any atom is -0.497 e. The molecule has 4 nitrogen and oxygen atoms in total. The summed E-state index contributed by atoms with van der Waals surface area (Å²) in [4.78, 5) is 6.47. The lowest BCUT2D eigenvalue weighted by atomic mass is 10.1. The molecule has 0 N–H and O–H groups in total. The summed E-state index contributed by atoms with van der Waals surface area (Å²) in [5.74, 6) is 0.369. The van der Waals surface area contributed by atoms with Crippen LogP contribution < -0.4 is 4.74 Å². The average molecular weight is 343 g/mol. The Kier molecular flexibility index (Phi) is 4.95. The summed E-state index contributed by atoms with van der Waals surface area (Å²) < 4.78 is 21.6. The molecule has 1 atom stereocenters. The Hall–Kier alpha value is -2.14. The van der Waals surface area contributed by atoms with Gasteiger partial charge in [-0.05, 0) is 39.1 Å². The van der Waals surface area contributed by atoms with E-state index in [9.17, 15) is 4.39 Å². The molecule has 2 aromatic heterocycles. The third kappa shape index (κ3) is 3.09. The number of aryl methyl sites for hydroxylation is 1. The van der Waals surface area contributed by atoms with Gasteiger partial charge in [0.05, 0.1) is 23.8 Å². The molecule has 0 spiro atoms. The number of rotatable bonds is 6. The molecule has 3 rings (SSSR count). The molecule has 0 amide bonds. The summed E-state index contributed by atoms with van der Waals surface area (Å²) >= 11 is 0. The zero-order chi connectivity index (χ0) is 18.1. The maximum Gasteiger partial charge on any atom is 0.213 e. The molecule has 1 unspecified atom stereocenters. The van der Waals surface area contributed by atoms with Crippen LogP contribution in [0.15, 0.2) is 24.3 Å². The third-order valence-electron chi connectivity index (χ3n) is 4.99. The smallest absolute Gasteiger partial charge is 0.213 e. The number of ether oxygens (including phenoxy) is 1. The predicted octanol–water partition coefficient (Wildman–Crippen LogP) is 4.55. The van der Waals surface area contributed by atoms with Crippen molar-refractivity contribution in [2.24, 2.45) is 0 Å².